The van der Waals surface area contributed by atoms with Crippen LogP contribution in [0.4, 0.5) is 0 Å². The third kappa shape index (κ3) is 0.916. The van der Waals surface area contributed by atoms with Crippen molar-refractivity contribution in [2.45, 2.75) is 13.8 Å². The number of nitrogens with zero attached hydrogens (tertiary/aromatic N) is 1. The highest BCUT2D eigenvalue weighted by Gasteiger charge is 2.34. The van der Waals surface area contributed by atoms with E-state index in [4.69, 9.17) is 0 Å². The van der Waals surface area contributed by atoms with E-state index in [1.165, 1.54) is 0 Å². The third-order valence-electron chi connectivity index (χ3n) is 1.89. The molecule has 1 saturated heterocycles. The molecular formula is C7H11NO2. The number of Topliss-reactive ketones (excluding diaryl/α,β-unsaturated/α-hetero) is 1. The summed E-state index contributed by atoms with van der Waals surface area (Å²) in [7, 11) is 0. The molecule has 10 heavy (non-hydrogen) atoms. The predicted molar refractivity (Wildman–Crippen MR) is 36.4 cm³/mol. The number of amides is 1. The van der Waals surface area contributed by atoms with Crippen molar-refractivity contribution in [3.05, 3.63) is 0 Å². The zero-order valence-corrected chi connectivity index (χ0v) is 6.26. The summed E-state index contributed by atoms with van der Waals surface area (Å²) < 4.78 is 0. The lowest BCUT2D eigenvalue weighted by molar-refractivity contribution is -0.131. The lowest BCUT2D eigenvalue weighted by Gasteiger charge is -2.09. The molecule has 0 bridgehead atoms. The molecule has 0 saturated carbocycles. The minimum absolute atomic E-state index is 0.0208. The first-order chi connectivity index (χ1) is 4.66. The topological polar surface area (TPSA) is 37.4 Å². The Labute approximate surface area is 60.0 Å². The van der Waals surface area contributed by atoms with Crippen molar-refractivity contribution in [3.63, 3.8) is 0 Å². The molecule has 0 aromatic rings. The lowest BCUT2D eigenvalue weighted by Crippen LogP contribution is -2.25. The Morgan fingerprint density at radius 3 is 2.40 bits per heavy atom. The number of likely N-dealkylation sites (tertiary alicyclic amines) is 1. The van der Waals surface area contributed by atoms with Gasteiger partial charge in [0.2, 0.25) is 5.91 Å². The van der Waals surface area contributed by atoms with Gasteiger partial charge in [-0.3, -0.25) is 9.59 Å². The molecule has 0 N–H and O–H groups in total. The van der Waals surface area contributed by atoms with Crippen LogP contribution in [0, 0.1) is 5.92 Å². The van der Waals surface area contributed by atoms with Crippen molar-refractivity contribution < 1.29 is 9.59 Å². The Morgan fingerprint density at radius 2 is 2.20 bits per heavy atom. The van der Waals surface area contributed by atoms with Crippen LogP contribution in [0.2, 0.25) is 0 Å². The quantitative estimate of drug-likeness (QED) is 0.484. The number of hydrogen-bond donors (Lipinski definition) is 0. The first kappa shape index (κ1) is 7.25. The molecule has 3 nitrogen and oxygen atoms in total. The van der Waals surface area contributed by atoms with Gasteiger partial charge in [0.25, 0.3) is 0 Å². The summed E-state index contributed by atoms with van der Waals surface area (Å²) in [6.45, 7) is 4.51. The molecule has 0 aromatic heterocycles. The van der Waals surface area contributed by atoms with Crippen LogP contribution in [0.5, 0.6) is 0 Å². The van der Waals surface area contributed by atoms with E-state index < -0.39 is 0 Å². The van der Waals surface area contributed by atoms with Gasteiger partial charge in [-0.2, -0.15) is 0 Å². The average Bonchev–Trinajstić information content (AvgIpc) is 2.17. The van der Waals surface area contributed by atoms with Crippen molar-refractivity contribution in [2.24, 2.45) is 5.92 Å². The summed E-state index contributed by atoms with van der Waals surface area (Å²) >= 11 is 0. The van der Waals surface area contributed by atoms with Crippen LogP contribution in [-0.4, -0.2) is 29.7 Å². The molecule has 0 aromatic carbocycles. The van der Waals surface area contributed by atoms with Gasteiger partial charge in [0, 0.05) is 6.54 Å². The van der Waals surface area contributed by atoms with E-state index in [-0.39, 0.29) is 17.6 Å². The van der Waals surface area contributed by atoms with Crippen LogP contribution in [0.15, 0.2) is 0 Å². The second kappa shape index (κ2) is 2.40. The van der Waals surface area contributed by atoms with Crippen molar-refractivity contribution >= 4 is 11.7 Å². The van der Waals surface area contributed by atoms with Gasteiger partial charge in [0.1, 0.15) is 0 Å². The minimum Gasteiger partial charge on any atom is -0.335 e. The van der Waals surface area contributed by atoms with Crippen LogP contribution in [-0.2, 0) is 9.59 Å². The normalized spacial score (nSPS) is 26.2. The third-order valence-corrected chi connectivity index (χ3v) is 1.89. The van der Waals surface area contributed by atoms with Gasteiger partial charge in [0.05, 0.1) is 12.5 Å². The molecule has 1 unspecified atom stereocenters. The Kier molecular flexibility index (Phi) is 1.74. The van der Waals surface area contributed by atoms with Crippen molar-refractivity contribution in [1.82, 2.24) is 4.90 Å². The van der Waals surface area contributed by atoms with E-state index in [2.05, 4.69) is 0 Å². The molecule has 1 heterocycles. The molecule has 1 aliphatic heterocycles. The first-order valence-electron chi connectivity index (χ1n) is 3.48. The van der Waals surface area contributed by atoms with Gasteiger partial charge >= 0.3 is 0 Å². The zero-order chi connectivity index (χ0) is 7.72. The van der Waals surface area contributed by atoms with Gasteiger partial charge in [-0.05, 0) is 13.8 Å². The van der Waals surface area contributed by atoms with E-state index in [1.807, 2.05) is 6.92 Å². The van der Waals surface area contributed by atoms with Crippen LogP contribution >= 0.6 is 0 Å². The summed E-state index contributed by atoms with van der Waals surface area (Å²) in [6, 6.07) is 0. The molecule has 0 radical (unpaired) electrons. The summed E-state index contributed by atoms with van der Waals surface area (Å²) in [5, 5.41) is 0. The van der Waals surface area contributed by atoms with Crippen molar-refractivity contribution in [1.29, 1.82) is 0 Å². The van der Waals surface area contributed by atoms with Gasteiger partial charge in [0.15, 0.2) is 5.78 Å². The fourth-order valence-corrected chi connectivity index (χ4v) is 1.08. The van der Waals surface area contributed by atoms with Crippen LogP contribution in [0.3, 0.4) is 0 Å². The lowest BCUT2D eigenvalue weighted by atomic mass is 10.1. The van der Waals surface area contributed by atoms with Gasteiger partial charge in [-0.15, -0.1) is 0 Å². The molecule has 1 aliphatic rings. The molecule has 56 valence electrons. The minimum atomic E-state index is -0.389. The number of hydrogen-bond acceptors (Lipinski definition) is 2. The van der Waals surface area contributed by atoms with E-state index >= 15 is 0 Å². The predicted octanol–water partition coefficient (Wildman–Crippen LogP) is 0.0537. The maximum atomic E-state index is 11.1. The summed E-state index contributed by atoms with van der Waals surface area (Å²) in [4.78, 5) is 23.5. The van der Waals surface area contributed by atoms with E-state index in [9.17, 15) is 9.59 Å². The van der Waals surface area contributed by atoms with Crippen molar-refractivity contribution in [2.75, 3.05) is 13.1 Å². The molecule has 1 fully saturated rings. The average molecular weight is 141 g/mol. The Balaban J connectivity index is 2.71. The molecular weight excluding hydrogens is 130 g/mol. The Morgan fingerprint density at radius 1 is 1.60 bits per heavy atom. The van der Waals surface area contributed by atoms with E-state index in [0.717, 1.165) is 0 Å². The van der Waals surface area contributed by atoms with Crippen LogP contribution in [0.1, 0.15) is 13.8 Å². The highest BCUT2D eigenvalue weighted by molar-refractivity contribution is 6.07. The second-order valence-electron chi connectivity index (χ2n) is 2.54. The van der Waals surface area contributed by atoms with E-state index in [1.54, 1.807) is 11.8 Å². The number of likely N-dealkylation sites (N-methyl/N-ethyl adjacent to an activating group) is 1. The molecule has 1 atom stereocenters. The monoisotopic (exact) mass is 141 g/mol. The largest absolute Gasteiger partial charge is 0.335 e. The SMILES string of the molecule is CCN1CC(=O)C(C)C1=O. The maximum Gasteiger partial charge on any atom is 0.233 e. The van der Waals surface area contributed by atoms with Crippen LogP contribution < -0.4 is 0 Å². The first-order valence-corrected chi connectivity index (χ1v) is 3.48. The maximum absolute atomic E-state index is 11.1. The Bertz CT molecular complexity index is 176. The van der Waals surface area contributed by atoms with E-state index in [0.29, 0.717) is 13.1 Å². The van der Waals surface area contributed by atoms with Gasteiger partial charge in [-0.1, -0.05) is 0 Å². The highest BCUT2D eigenvalue weighted by Crippen LogP contribution is 2.12. The van der Waals surface area contributed by atoms with Crippen molar-refractivity contribution in [3.8, 4) is 0 Å². The number of ketones is 1. The standard InChI is InChI=1S/C7H11NO2/c1-3-8-4-6(9)5(2)7(8)10/h5H,3-4H2,1-2H3. The fourth-order valence-electron chi connectivity index (χ4n) is 1.08. The molecule has 1 rings (SSSR count). The molecule has 1 amide bonds. The summed E-state index contributed by atoms with van der Waals surface area (Å²) in [5.74, 6) is -0.362. The number of carbonyl (C=O) groups excluding carboxylic acids is 2. The molecule has 0 aliphatic carbocycles. The summed E-state index contributed by atoms with van der Waals surface area (Å²) in [5.41, 5.74) is 0. The molecule has 0 spiro atoms. The molecule has 3 heteroatoms. The fraction of sp³-hybridized carbons (Fsp3) is 0.714. The smallest absolute Gasteiger partial charge is 0.233 e. The number of rotatable bonds is 1. The van der Waals surface area contributed by atoms with Gasteiger partial charge < -0.3 is 4.90 Å². The zero-order valence-electron chi connectivity index (χ0n) is 6.26. The second-order valence-corrected chi connectivity index (χ2v) is 2.54. The van der Waals surface area contributed by atoms with Crippen LogP contribution in [0.25, 0.3) is 0 Å². The number of carbonyl (C=O) groups is 2. The van der Waals surface area contributed by atoms with Gasteiger partial charge in [-0.25, -0.2) is 0 Å². The summed E-state index contributed by atoms with van der Waals surface area (Å²) in [6.07, 6.45) is 0. The Hall–Kier alpha value is -0.860. The highest BCUT2D eigenvalue weighted by atomic mass is 16.2.